The first-order valence-corrected chi connectivity index (χ1v) is 43.5. The van der Waals surface area contributed by atoms with Crippen molar-refractivity contribution in [2.45, 2.75) is 426 Å². The number of rotatable bonds is 77. The van der Waals surface area contributed by atoms with Crippen molar-refractivity contribution in [3.05, 3.63) is 0 Å². The second-order valence-corrected chi connectivity index (χ2v) is 31.7. The van der Waals surface area contributed by atoms with E-state index in [1.165, 1.54) is 218 Å². The molecule has 0 saturated carbocycles. The topological polar surface area (TPSA) is 237 Å². The Morgan fingerprint density at radius 3 is 0.784 bits per heavy atom. The molecular formula is C78H152O17P2. The van der Waals surface area contributed by atoms with E-state index in [0.717, 1.165) is 108 Å². The average molecular weight is 1420 g/mol. The van der Waals surface area contributed by atoms with Crippen molar-refractivity contribution in [1.82, 2.24) is 0 Å². The Labute approximate surface area is 594 Å². The van der Waals surface area contributed by atoms with Gasteiger partial charge >= 0.3 is 39.5 Å². The minimum Gasteiger partial charge on any atom is -0.462 e. The van der Waals surface area contributed by atoms with Crippen molar-refractivity contribution in [3.63, 3.8) is 0 Å². The van der Waals surface area contributed by atoms with Crippen LogP contribution in [0.5, 0.6) is 0 Å². The summed E-state index contributed by atoms with van der Waals surface area (Å²) in [7, 11) is -9.91. The lowest BCUT2D eigenvalue weighted by atomic mass is 9.99. The van der Waals surface area contributed by atoms with E-state index in [2.05, 4.69) is 41.5 Å². The zero-order valence-electron chi connectivity index (χ0n) is 63.4. The van der Waals surface area contributed by atoms with Crippen LogP contribution < -0.4 is 0 Å². The molecule has 0 radical (unpaired) electrons. The largest absolute Gasteiger partial charge is 0.472 e. The summed E-state index contributed by atoms with van der Waals surface area (Å²) in [5, 5.41) is 10.6. The molecule has 0 aliphatic heterocycles. The fraction of sp³-hybridized carbons (Fsp3) is 0.949. The van der Waals surface area contributed by atoms with Crippen LogP contribution in [0.1, 0.15) is 408 Å². The fourth-order valence-corrected chi connectivity index (χ4v) is 13.6. The molecular weight excluding hydrogens is 1270 g/mol. The molecule has 0 aliphatic carbocycles. The average Bonchev–Trinajstić information content (AvgIpc) is 1.18. The molecule has 0 fully saturated rings. The van der Waals surface area contributed by atoms with Crippen LogP contribution >= 0.6 is 15.6 Å². The van der Waals surface area contributed by atoms with Crippen LogP contribution in [0.2, 0.25) is 0 Å². The van der Waals surface area contributed by atoms with E-state index in [1.807, 2.05) is 0 Å². The molecule has 3 N–H and O–H groups in total. The van der Waals surface area contributed by atoms with Crippen LogP contribution in [0.4, 0.5) is 0 Å². The molecule has 97 heavy (non-hydrogen) atoms. The maximum absolute atomic E-state index is 13.1. The van der Waals surface area contributed by atoms with Crippen LogP contribution in [-0.4, -0.2) is 96.7 Å². The van der Waals surface area contributed by atoms with Crippen molar-refractivity contribution in [3.8, 4) is 0 Å². The molecule has 17 nitrogen and oxygen atoms in total. The van der Waals surface area contributed by atoms with Crippen LogP contribution in [0.25, 0.3) is 0 Å². The van der Waals surface area contributed by atoms with E-state index in [0.29, 0.717) is 25.7 Å². The summed E-state index contributed by atoms with van der Waals surface area (Å²) >= 11 is 0. The summed E-state index contributed by atoms with van der Waals surface area (Å²) in [4.78, 5) is 72.8. The number of phosphoric ester groups is 2. The normalized spacial score (nSPS) is 14.2. The number of aliphatic hydroxyl groups is 1. The van der Waals surface area contributed by atoms with Crippen LogP contribution in [0.15, 0.2) is 0 Å². The molecule has 3 unspecified atom stereocenters. The quantitative estimate of drug-likeness (QED) is 0.0222. The number of carbonyl (C=O) groups excluding carboxylic acids is 4. The maximum Gasteiger partial charge on any atom is 0.472 e. The van der Waals surface area contributed by atoms with E-state index in [1.54, 1.807) is 0 Å². The third-order valence-electron chi connectivity index (χ3n) is 18.6. The number of ether oxygens (including phenoxy) is 4. The summed E-state index contributed by atoms with van der Waals surface area (Å²) in [5.74, 6) is -0.557. The van der Waals surface area contributed by atoms with Crippen molar-refractivity contribution in [2.75, 3.05) is 39.6 Å². The van der Waals surface area contributed by atoms with Gasteiger partial charge in [-0.2, -0.15) is 0 Å². The lowest BCUT2D eigenvalue weighted by molar-refractivity contribution is -0.161. The molecule has 576 valence electrons. The number of phosphoric acid groups is 2. The highest BCUT2D eigenvalue weighted by Crippen LogP contribution is 2.45. The van der Waals surface area contributed by atoms with Gasteiger partial charge in [0.1, 0.15) is 19.3 Å². The predicted octanol–water partition coefficient (Wildman–Crippen LogP) is 23.1. The minimum atomic E-state index is -4.96. The summed E-state index contributed by atoms with van der Waals surface area (Å²) in [6, 6.07) is 0. The summed E-state index contributed by atoms with van der Waals surface area (Å²) in [6.45, 7) is 9.59. The third-order valence-corrected chi connectivity index (χ3v) is 20.5. The number of unbranched alkanes of at least 4 members (excludes halogenated alkanes) is 46. The first-order chi connectivity index (χ1) is 46.9. The summed E-state index contributed by atoms with van der Waals surface area (Å²) in [6.07, 6.45) is 58.4. The number of carbonyl (C=O) groups is 4. The highest BCUT2D eigenvalue weighted by Gasteiger charge is 2.30. The first-order valence-electron chi connectivity index (χ1n) is 40.5. The van der Waals surface area contributed by atoms with Gasteiger partial charge in [0.05, 0.1) is 26.4 Å². The van der Waals surface area contributed by atoms with E-state index in [4.69, 9.17) is 37.0 Å². The maximum atomic E-state index is 13.1. The zero-order valence-corrected chi connectivity index (χ0v) is 65.2. The van der Waals surface area contributed by atoms with Crippen molar-refractivity contribution in [1.29, 1.82) is 0 Å². The van der Waals surface area contributed by atoms with Gasteiger partial charge in [-0.1, -0.05) is 356 Å². The molecule has 0 aliphatic rings. The van der Waals surface area contributed by atoms with E-state index < -0.39 is 97.5 Å². The fourth-order valence-electron chi connectivity index (χ4n) is 12.0. The Morgan fingerprint density at radius 2 is 0.526 bits per heavy atom. The van der Waals surface area contributed by atoms with Crippen molar-refractivity contribution in [2.24, 2.45) is 11.8 Å². The second kappa shape index (κ2) is 69.8. The molecule has 0 rings (SSSR count). The van der Waals surface area contributed by atoms with Gasteiger partial charge in [-0.25, -0.2) is 9.13 Å². The van der Waals surface area contributed by atoms with Crippen LogP contribution in [0.3, 0.4) is 0 Å². The molecule has 6 atom stereocenters. The number of esters is 4. The van der Waals surface area contributed by atoms with E-state index in [-0.39, 0.29) is 25.7 Å². The minimum absolute atomic E-state index is 0.105. The van der Waals surface area contributed by atoms with E-state index >= 15 is 0 Å². The van der Waals surface area contributed by atoms with Crippen LogP contribution in [0, 0.1) is 11.8 Å². The highest BCUT2D eigenvalue weighted by atomic mass is 31.2. The Balaban J connectivity index is 5.19. The molecule has 0 spiro atoms. The van der Waals surface area contributed by atoms with Gasteiger partial charge in [0, 0.05) is 25.7 Å². The molecule has 0 bridgehead atoms. The van der Waals surface area contributed by atoms with Crippen LogP contribution in [-0.2, 0) is 65.4 Å². The first kappa shape index (κ1) is 95.1. The van der Waals surface area contributed by atoms with Gasteiger partial charge in [0.2, 0.25) is 0 Å². The molecule has 0 amide bonds. The van der Waals surface area contributed by atoms with Gasteiger partial charge in [-0.05, 0) is 37.5 Å². The predicted molar refractivity (Wildman–Crippen MR) is 395 cm³/mol. The summed E-state index contributed by atoms with van der Waals surface area (Å²) < 4.78 is 68.5. The Hall–Kier alpha value is -1.94. The van der Waals surface area contributed by atoms with Crippen molar-refractivity contribution >= 4 is 39.5 Å². The van der Waals surface area contributed by atoms with Gasteiger partial charge in [0.25, 0.3) is 0 Å². The van der Waals surface area contributed by atoms with Gasteiger partial charge in [-0.15, -0.1) is 0 Å². The lowest BCUT2D eigenvalue weighted by Gasteiger charge is -2.21. The van der Waals surface area contributed by atoms with Crippen molar-refractivity contribution < 1.29 is 80.2 Å². The highest BCUT2D eigenvalue weighted by molar-refractivity contribution is 7.47. The molecule has 0 aromatic rings. The van der Waals surface area contributed by atoms with Gasteiger partial charge in [0.15, 0.2) is 12.2 Å². The molecule has 0 heterocycles. The number of aliphatic hydroxyl groups excluding tert-OH is 1. The Bertz CT molecular complexity index is 1870. The second-order valence-electron chi connectivity index (χ2n) is 28.8. The lowest BCUT2D eigenvalue weighted by Crippen LogP contribution is -2.30. The van der Waals surface area contributed by atoms with Gasteiger partial charge < -0.3 is 33.8 Å². The van der Waals surface area contributed by atoms with Gasteiger partial charge in [-0.3, -0.25) is 37.3 Å². The molecule has 0 saturated heterocycles. The molecule has 0 aromatic heterocycles. The smallest absolute Gasteiger partial charge is 0.462 e. The Morgan fingerprint density at radius 1 is 0.299 bits per heavy atom. The SMILES string of the molecule is CCCCCCCCCCCCCCCCCCCCCCCC(=O)O[C@H](COC(=O)CCCCCCCCCCCCCCCC(C)C)COP(=O)(O)OC[C@@H](O)COP(=O)(O)OC[C@@H](COC(=O)CCCCCCCCCC)OC(=O)CCCCCCCCCCC(C)CC. The standard InChI is InChI=1S/C78H152O17P2/c1-7-10-12-14-16-18-19-20-21-22-23-24-25-26-27-30-34-37-44-50-56-62-77(82)94-74(67-89-76(81)61-55-49-43-36-33-31-28-29-32-35-40-46-52-58-70(4)5)69-93-97(86,87)91-65-72(79)64-90-96(84,85)92-68-73(66-88-75(80)60-54-48-42-17-15-13-11-8-2)95-78(83)63-57-51-45-39-38-41-47-53-59-71(6)9-3/h70-74,79H,7-69H2,1-6H3,(H,84,85)(H,86,87)/t71?,72-,73+,74+/m0/s1. The number of hydrogen-bond acceptors (Lipinski definition) is 15. The molecule has 19 heteroatoms. The Kier molecular flexibility index (Phi) is 68.4. The zero-order chi connectivity index (χ0) is 71.4. The third kappa shape index (κ3) is 70.9. The monoisotopic (exact) mass is 1420 g/mol. The number of hydrogen-bond donors (Lipinski definition) is 3. The van der Waals surface area contributed by atoms with E-state index in [9.17, 15) is 43.2 Å². The molecule has 0 aromatic carbocycles. The summed E-state index contributed by atoms with van der Waals surface area (Å²) in [5.41, 5.74) is 0.